The fourth-order valence-corrected chi connectivity index (χ4v) is 3.20. The summed E-state index contributed by atoms with van der Waals surface area (Å²) in [6, 6.07) is 6.61. The molecule has 104 valence electrons. The molecule has 0 aliphatic heterocycles. The minimum absolute atomic E-state index is 0.348. The van der Waals surface area contributed by atoms with E-state index in [9.17, 15) is 0 Å². The second-order valence-corrected chi connectivity index (χ2v) is 6.40. The Balaban J connectivity index is 2.27. The van der Waals surface area contributed by atoms with Crippen molar-refractivity contribution in [2.24, 2.45) is 5.73 Å². The third-order valence-corrected chi connectivity index (χ3v) is 4.26. The predicted molar refractivity (Wildman–Crippen MR) is 83.9 cm³/mol. The summed E-state index contributed by atoms with van der Waals surface area (Å²) in [5.41, 5.74) is 8.98. The van der Waals surface area contributed by atoms with Gasteiger partial charge in [-0.1, -0.05) is 6.07 Å². The van der Waals surface area contributed by atoms with Crippen molar-refractivity contribution in [2.75, 3.05) is 0 Å². The van der Waals surface area contributed by atoms with Crippen LogP contribution in [0.5, 0.6) is 0 Å². The van der Waals surface area contributed by atoms with Crippen LogP contribution >= 0.6 is 11.3 Å². The molecule has 0 radical (unpaired) electrons. The van der Waals surface area contributed by atoms with E-state index < -0.39 is 0 Å². The van der Waals surface area contributed by atoms with Crippen LogP contribution in [0.1, 0.15) is 30.5 Å². The van der Waals surface area contributed by atoms with E-state index in [1.54, 1.807) is 11.3 Å². The van der Waals surface area contributed by atoms with Gasteiger partial charge >= 0.3 is 0 Å². The monoisotopic (exact) mass is 286 g/mol. The molecule has 0 saturated carbocycles. The van der Waals surface area contributed by atoms with E-state index in [1.165, 1.54) is 0 Å². The van der Waals surface area contributed by atoms with E-state index in [-0.39, 0.29) is 0 Å². The summed E-state index contributed by atoms with van der Waals surface area (Å²) in [5.74, 6) is 0.995. The van der Waals surface area contributed by atoms with Gasteiger partial charge in [0.2, 0.25) is 0 Å². The molecule has 0 amide bonds. The van der Waals surface area contributed by atoms with Gasteiger partial charge in [-0.15, -0.1) is 11.3 Å². The Labute approximate surface area is 122 Å². The molecule has 0 atom stereocenters. The van der Waals surface area contributed by atoms with Gasteiger partial charge in [-0.05, 0) is 38.5 Å². The van der Waals surface area contributed by atoms with Crippen molar-refractivity contribution < 1.29 is 0 Å². The maximum absolute atomic E-state index is 5.72. The van der Waals surface area contributed by atoms with Crippen molar-refractivity contribution in [3.8, 4) is 10.7 Å². The number of thiazole rings is 1. The number of aryl methyl sites for hydroxylation is 1. The second kappa shape index (κ2) is 5.00. The van der Waals surface area contributed by atoms with Crippen LogP contribution in [-0.4, -0.2) is 14.5 Å². The highest BCUT2D eigenvalue weighted by Crippen LogP contribution is 2.31. The van der Waals surface area contributed by atoms with Gasteiger partial charge in [0.05, 0.1) is 20.9 Å². The number of hydrogen-bond acceptors (Lipinski definition) is 4. The van der Waals surface area contributed by atoms with Crippen LogP contribution in [0.2, 0.25) is 0 Å². The lowest BCUT2D eigenvalue weighted by Gasteiger charge is -2.11. The Morgan fingerprint density at radius 3 is 2.75 bits per heavy atom. The average molecular weight is 286 g/mol. The molecule has 5 heteroatoms. The molecular formula is C15H18N4S. The summed E-state index contributed by atoms with van der Waals surface area (Å²) in [4.78, 5) is 10.3. The van der Waals surface area contributed by atoms with Gasteiger partial charge in [0.25, 0.3) is 0 Å². The average Bonchev–Trinajstić information content (AvgIpc) is 3.00. The number of imidazole rings is 1. The number of aromatic nitrogens is 3. The summed E-state index contributed by atoms with van der Waals surface area (Å²) in [5, 5.41) is 1.06. The highest BCUT2D eigenvalue weighted by atomic mass is 32.1. The third kappa shape index (κ3) is 2.13. The lowest BCUT2D eigenvalue weighted by Crippen LogP contribution is -2.02. The summed E-state index contributed by atoms with van der Waals surface area (Å²) >= 11 is 1.68. The number of benzene rings is 1. The zero-order chi connectivity index (χ0) is 14.3. The summed E-state index contributed by atoms with van der Waals surface area (Å²) < 4.78 is 2.27. The topological polar surface area (TPSA) is 56.7 Å². The maximum Gasteiger partial charge on any atom is 0.153 e. The van der Waals surface area contributed by atoms with Crippen LogP contribution in [-0.2, 0) is 6.54 Å². The van der Waals surface area contributed by atoms with E-state index >= 15 is 0 Å². The number of nitrogens with two attached hydrogens (primary N) is 1. The lowest BCUT2D eigenvalue weighted by atomic mass is 10.2. The van der Waals surface area contributed by atoms with Crippen LogP contribution in [0.25, 0.3) is 21.7 Å². The van der Waals surface area contributed by atoms with Gasteiger partial charge < -0.3 is 10.3 Å². The van der Waals surface area contributed by atoms with Crippen LogP contribution in [0.15, 0.2) is 24.4 Å². The molecule has 4 nitrogen and oxygen atoms in total. The highest BCUT2D eigenvalue weighted by molar-refractivity contribution is 7.15. The molecule has 3 aromatic rings. The maximum atomic E-state index is 5.72. The van der Waals surface area contributed by atoms with Gasteiger partial charge in [-0.3, -0.25) is 0 Å². The predicted octanol–water partition coefficient (Wildman–Crippen LogP) is 3.51. The zero-order valence-electron chi connectivity index (χ0n) is 11.9. The highest BCUT2D eigenvalue weighted by Gasteiger charge is 2.16. The zero-order valence-corrected chi connectivity index (χ0v) is 12.7. The Kier molecular flexibility index (Phi) is 3.31. The van der Waals surface area contributed by atoms with E-state index in [4.69, 9.17) is 10.7 Å². The van der Waals surface area contributed by atoms with Crippen molar-refractivity contribution in [3.63, 3.8) is 0 Å². The first-order valence-corrected chi connectivity index (χ1v) is 7.55. The molecule has 2 heterocycles. The van der Waals surface area contributed by atoms with E-state index in [2.05, 4.69) is 41.6 Å². The molecule has 2 aromatic heterocycles. The number of fused-ring (bicyclic) bond motifs is 1. The molecular weight excluding hydrogens is 268 g/mol. The standard InChI is InChI=1S/C15H18N4S/c1-9(2)19-13-5-4-11(7-16)6-12(13)18-15(19)14-8-17-10(3)20-14/h4-6,8-9H,7,16H2,1-3H3. The molecule has 20 heavy (non-hydrogen) atoms. The van der Waals surface area contributed by atoms with Gasteiger partial charge in [-0.25, -0.2) is 9.97 Å². The quantitative estimate of drug-likeness (QED) is 0.801. The Hall–Kier alpha value is -1.72. The Bertz CT molecular complexity index is 754. The summed E-state index contributed by atoms with van der Waals surface area (Å²) in [7, 11) is 0. The molecule has 0 fully saturated rings. The fourth-order valence-electron chi connectivity index (χ4n) is 2.43. The largest absolute Gasteiger partial charge is 0.326 e. The smallest absolute Gasteiger partial charge is 0.153 e. The molecule has 0 bridgehead atoms. The molecule has 3 rings (SSSR count). The van der Waals surface area contributed by atoms with Gasteiger partial charge in [0.1, 0.15) is 0 Å². The van der Waals surface area contributed by atoms with Crippen LogP contribution in [0.3, 0.4) is 0 Å². The molecule has 0 aliphatic carbocycles. The van der Waals surface area contributed by atoms with Gasteiger partial charge in [0, 0.05) is 18.8 Å². The second-order valence-electron chi connectivity index (χ2n) is 5.17. The minimum Gasteiger partial charge on any atom is -0.326 e. The first kappa shape index (κ1) is 13.3. The van der Waals surface area contributed by atoms with E-state index in [0.29, 0.717) is 12.6 Å². The van der Waals surface area contributed by atoms with Gasteiger partial charge in [0.15, 0.2) is 5.82 Å². The SMILES string of the molecule is Cc1ncc(-c2nc3cc(CN)ccc3n2C(C)C)s1. The minimum atomic E-state index is 0.348. The molecule has 2 N–H and O–H groups in total. The third-order valence-electron chi connectivity index (χ3n) is 3.35. The van der Waals surface area contributed by atoms with Crippen molar-refractivity contribution >= 4 is 22.4 Å². The molecule has 0 unspecified atom stereocenters. The summed E-state index contributed by atoms with van der Waals surface area (Å²) in [6.07, 6.45) is 1.91. The number of rotatable bonds is 3. The first-order valence-electron chi connectivity index (χ1n) is 6.74. The lowest BCUT2D eigenvalue weighted by molar-refractivity contribution is 0.625. The number of hydrogen-bond donors (Lipinski definition) is 1. The Morgan fingerprint density at radius 2 is 2.15 bits per heavy atom. The number of nitrogens with zero attached hydrogens (tertiary/aromatic N) is 3. The molecule has 0 aliphatic rings. The first-order chi connectivity index (χ1) is 9.60. The van der Waals surface area contributed by atoms with Crippen LogP contribution in [0, 0.1) is 6.92 Å². The molecule has 0 spiro atoms. The van der Waals surface area contributed by atoms with Crippen LogP contribution in [0.4, 0.5) is 0 Å². The van der Waals surface area contributed by atoms with Crippen molar-refractivity contribution in [2.45, 2.75) is 33.4 Å². The van der Waals surface area contributed by atoms with Crippen molar-refractivity contribution in [3.05, 3.63) is 35.0 Å². The molecule has 0 saturated heterocycles. The van der Waals surface area contributed by atoms with Crippen molar-refractivity contribution in [1.29, 1.82) is 0 Å². The van der Waals surface area contributed by atoms with Crippen molar-refractivity contribution in [1.82, 2.24) is 14.5 Å². The Morgan fingerprint density at radius 1 is 1.35 bits per heavy atom. The van der Waals surface area contributed by atoms with E-state index in [0.717, 1.165) is 32.3 Å². The summed E-state index contributed by atoms with van der Waals surface area (Å²) in [6.45, 7) is 6.91. The van der Waals surface area contributed by atoms with Crippen LogP contribution < -0.4 is 5.73 Å². The fraction of sp³-hybridized carbons (Fsp3) is 0.333. The van der Waals surface area contributed by atoms with Gasteiger partial charge in [-0.2, -0.15) is 0 Å². The molecule has 1 aromatic carbocycles. The van der Waals surface area contributed by atoms with E-state index in [1.807, 2.05) is 13.1 Å². The normalized spacial score (nSPS) is 11.7.